The van der Waals surface area contributed by atoms with Crippen molar-refractivity contribution in [1.82, 2.24) is 19.5 Å². The van der Waals surface area contributed by atoms with Gasteiger partial charge in [0, 0.05) is 18.7 Å². The Morgan fingerprint density at radius 2 is 2.12 bits per heavy atom. The highest BCUT2D eigenvalue weighted by Crippen LogP contribution is 2.32. The van der Waals surface area contributed by atoms with Crippen molar-refractivity contribution >= 4 is 23.3 Å². The maximum atomic E-state index is 12.5. The summed E-state index contributed by atoms with van der Waals surface area (Å²) >= 11 is 5.87. The molecule has 1 aliphatic rings. The third-order valence-electron chi connectivity index (χ3n) is 3.87. The smallest absolute Gasteiger partial charge is 0.410 e. The topological polar surface area (TPSA) is 80.0 Å². The Labute approximate surface area is 145 Å². The van der Waals surface area contributed by atoms with E-state index in [4.69, 9.17) is 16.3 Å². The number of carbonyl (C=O) groups is 1. The Morgan fingerprint density at radius 3 is 2.83 bits per heavy atom. The largest absolute Gasteiger partial charge is 0.493 e. The predicted molar refractivity (Wildman–Crippen MR) is 89.2 cm³/mol. The normalized spacial score (nSPS) is 18.8. The second-order valence-corrected chi connectivity index (χ2v) is 7.35. The zero-order chi connectivity index (χ0) is 17.5. The molecule has 1 atom stereocenters. The van der Waals surface area contributed by atoms with Gasteiger partial charge in [-0.3, -0.25) is 4.90 Å². The summed E-state index contributed by atoms with van der Waals surface area (Å²) in [6.45, 7) is 6.16. The average molecular weight is 353 g/mol. The van der Waals surface area contributed by atoms with E-state index in [0.717, 1.165) is 19.3 Å². The summed E-state index contributed by atoms with van der Waals surface area (Å²) in [7, 11) is 0. The third-order valence-corrected chi connectivity index (χ3v) is 4.06. The molecule has 1 saturated heterocycles. The third kappa shape index (κ3) is 3.40. The first-order chi connectivity index (χ1) is 11.2. The van der Waals surface area contributed by atoms with Gasteiger partial charge in [0.15, 0.2) is 5.65 Å². The van der Waals surface area contributed by atoms with E-state index in [-0.39, 0.29) is 23.2 Å². The molecule has 2 aromatic rings. The molecule has 0 radical (unpaired) electrons. The zero-order valence-corrected chi connectivity index (χ0v) is 14.7. The molecule has 1 fully saturated rings. The Bertz CT molecular complexity index is 769. The standard InChI is InChI=1S/C16H21ClN4O3/c1-16(2,3)24-15(23)20-7-5-4-6-11(20)10-8-13-18-12(17)9-14(22)21(13)19-10/h8-9,11,22H,4-7H2,1-3H3/t11-/m0/s1. The van der Waals surface area contributed by atoms with Crippen molar-refractivity contribution < 1.29 is 14.6 Å². The highest BCUT2D eigenvalue weighted by Gasteiger charge is 2.33. The van der Waals surface area contributed by atoms with Crippen molar-refractivity contribution in [2.75, 3.05) is 6.54 Å². The molecule has 0 aliphatic carbocycles. The van der Waals surface area contributed by atoms with Crippen LogP contribution in [0.5, 0.6) is 5.88 Å². The first-order valence-electron chi connectivity index (χ1n) is 7.99. The van der Waals surface area contributed by atoms with E-state index in [1.54, 1.807) is 11.0 Å². The van der Waals surface area contributed by atoms with Crippen LogP contribution in [0.15, 0.2) is 12.1 Å². The number of carbonyl (C=O) groups excluding carboxylic acids is 1. The number of fused-ring (bicyclic) bond motifs is 1. The number of halogens is 1. The van der Waals surface area contributed by atoms with Gasteiger partial charge in [-0.05, 0) is 40.0 Å². The highest BCUT2D eigenvalue weighted by molar-refractivity contribution is 6.29. The molecule has 8 heteroatoms. The molecule has 7 nitrogen and oxygen atoms in total. The number of nitrogens with zero attached hydrogens (tertiary/aromatic N) is 4. The molecule has 3 rings (SSSR count). The second kappa shape index (κ2) is 6.12. The van der Waals surface area contributed by atoms with Crippen LogP contribution in [0.25, 0.3) is 5.65 Å². The molecule has 2 aromatic heterocycles. The fourth-order valence-corrected chi connectivity index (χ4v) is 3.07. The number of likely N-dealkylation sites (tertiary alicyclic amines) is 1. The van der Waals surface area contributed by atoms with Crippen molar-refractivity contribution in [2.24, 2.45) is 0 Å². The number of piperidine rings is 1. The maximum Gasteiger partial charge on any atom is 0.410 e. The summed E-state index contributed by atoms with van der Waals surface area (Å²) in [5.74, 6) is -0.0872. The summed E-state index contributed by atoms with van der Waals surface area (Å²) in [4.78, 5) is 18.4. The molecule has 0 aromatic carbocycles. The lowest BCUT2D eigenvalue weighted by molar-refractivity contribution is 0.00898. The van der Waals surface area contributed by atoms with Crippen LogP contribution in [0.1, 0.15) is 51.8 Å². The van der Waals surface area contributed by atoms with Crippen molar-refractivity contribution in [3.05, 3.63) is 23.0 Å². The number of ether oxygens (including phenoxy) is 1. The van der Waals surface area contributed by atoms with Gasteiger partial charge in [-0.15, -0.1) is 0 Å². The summed E-state index contributed by atoms with van der Waals surface area (Å²) in [6.07, 6.45) is 2.37. The van der Waals surface area contributed by atoms with Crippen molar-refractivity contribution in [3.8, 4) is 5.88 Å². The lowest BCUT2D eigenvalue weighted by Crippen LogP contribution is -2.42. The van der Waals surface area contributed by atoms with Gasteiger partial charge in [-0.1, -0.05) is 11.6 Å². The second-order valence-electron chi connectivity index (χ2n) is 6.96. The molecular weight excluding hydrogens is 332 g/mol. The van der Waals surface area contributed by atoms with Crippen LogP contribution in [0, 0.1) is 0 Å². The molecule has 3 heterocycles. The minimum atomic E-state index is -0.550. The minimum Gasteiger partial charge on any atom is -0.493 e. The van der Waals surface area contributed by atoms with E-state index in [1.807, 2.05) is 20.8 Å². The number of rotatable bonds is 1. The van der Waals surface area contributed by atoms with Crippen LogP contribution >= 0.6 is 11.6 Å². The number of aromatic hydroxyl groups is 1. The van der Waals surface area contributed by atoms with Gasteiger partial charge < -0.3 is 9.84 Å². The van der Waals surface area contributed by atoms with Crippen LogP contribution in [-0.4, -0.2) is 42.8 Å². The summed E-state index contributed by atoms with van der Waals surface area (Å²) in [5, 5.41) is 14.6. The van der Waals surface area contributed by atoms with E-state index in [0.29, 0.717) is 17.9 Å². The Hall–Kier alpha value is -2.02. The van der Waals surface area contributed by atoms with E-state index in [1.165, 1.54) is 10.6 Å². The summed E-state index contributed by atoms with van der Waals surface area (Å²) in [5.41, 5.74) is 0.570. The predicted octanol–water partition coefficient (Wildman–Crippen LogP) is 3.55. The summed E-state index contributed by atoms with van der Waals surface area (Å²) < 4.78 is 6.83. The highest BCUT2D eigenvalue weighted by atomic mass is 35.5. The van der Waals surface area contributed by atoms with Crippen LogP contribution in [-0.2, 0) is 4.74 Å². The lowest BCUT2D eigenvalue weighted by atomic mass is 10.00. The minimum absolute atomic E-state index is 0.0872. The number of aromatic nitrogens is 3. The van der Waals surface area contributed by atoms with E-state index in [2.05, 4.69) is 10.1 Å². The zero-order valence-electron chi connectivity index (χ0n) is 14.0. The number of hydrogen-bond acceptors (Lipinski definition) is 5. The van der Waals surface area contributed by atoms with E-state index in [9.17, 15) is 9.90 Å². The molecule has 0 spiro atoms. The van der Waals surface area contributed by atoms with Crippen molar-refractivity contribution in [1.29, 1.82) is 0 Å². The average Bonchev–Trinajstić information content (AvgIpc) is 2.89. The molecule has 1 aliphatic heterocycles. The molecule has 1 N–H and O–H groups in total. The van der Waals surface area contributed by atoms with E-state index >= 15 is 0 Å². The van der Waals surface area contributed by atoms with Gasteiger partial charge in [0.05, 0.1) is 11.7 Å². The maximum absolute atomic E-state index is 12.5. The SMILES string of the molecule is CC(C)(C)OC(=O)N1CCCC[C@H]1c1cc2nc(Cl)cc(O)n2n1. The quantitative estimate of drug-likeness (QED) is 0.794. The fraction of sp³-hybridized carbons (Fsp3) is 0.562. The molecule has 1 amide bonds. The van der Waals surface area contributed by atoms with Gasteiger partial charge in [0.1, 0.15) is 10.8 Å². The fourth-order valence-electron chi connectivity index (χ4n) is 2.89. The van der Waals surface area contributed by atoms with E-state index < -0.39 is 5.60 Å². The van der Waals surface area contributed by atoms with Crippen LogP contribution < -0.4 is 0 Å². The lowest BCUT2D eigenvalue weighted by Gasteiger charge is -2.35. The first-order valence-corrected chi connectivity index (χ1v) is 8.37. The Kier molecular flexibility index (Phi) is 4.29. The number of amides is 1. The van der Waals surface area contributed by atoms with Crippen molar-refractivity contribution in [2.45, 2.75) is 51.7 Å². The number of hydrogen-bond donors (Lipinski definition) is 1. The van der Waals surface area contributed by atoms with Gasteiger partial charge in [0.2, 0.25) is 5.88 Å². The Morgan fingerprint density at radius 1 is 1.38 bits per heavy atom. The van der Waals surface area contributed by atoms with Gasteiger partial charge >= 0.3 is 6.09 Å². The molecule has 0 unspecified atom stereocenters. The molecule has 0 bridgehead atoms. The Balaban J connectivity index is 1.93. The molecule has 130 valence electrons. The monoisotopic (exact) mass is 352 g/mol. The molecular formula is C16H21ClN4O3. The van der Waals surface area contributed by atoms with Gasteiger partial charge in [-0.2, -0.15) is 9.61 Å². The molecule has 24 heavy (non-hydrogen) atoms. The van der Waals surface area contributed by atoms with Crippen LogP contribution in [0.4, 0.5) is 4.79 Å². The van der Waals surface area contributed by atoms with Crippen molar-refractivity contribution in [3.63, 3.8) is 0 Å². The first kappa shape index (κ1) is 16.8. The summed E-state index contributed by atoms with van der Waals surface area (Å²) in [6, 6.07) is 2.88. The van der Waals surface area contributed by atoms with Crippen LogP contribution in [0.3, 0.4) is 0 Å². The van der Waals surface area contributed by atoms with Crippen LogP contribution in [0.2, 0.25) is 5.15 Å². The van der Waals surface area contributed by atoms with Gasteiger partial charge in [0.25, 0.3) is 0 Å². The molecule has 0 saturated carbocycles. The van der Waals surface area contributed by atoms with Gasteiger partial charge in [-0.25, -0.2) is 9.78 Å².